The lowest BCUT2D eigenvalue weighted by Gasteiger charge is -2.28. The maximum Gasteiger partial charge on any atom is 0.261 e. The van der Waals surface area contributed by atoms with E-state index in [1.165, 1.54) is 17.7 Å². The molecule has 0 spiro atoms. The highest BCUT2D eigenvalue weighted by Gasteiger charge is 2.35. The van der Waals surface area contributed by atoms with Gasteiger partial charge >= 0.3 is 0 Å². The molecule has 1 aliphatic heterocycles. The number of benzene rings is 3. The molecule has 0 saturated heterocycles. The number of nitrogens with zero attached hydrogens (tertiary/aromatic N) is 1. The molecule has 6 nitrogen and oxygen atoms in total. The number of amides is 3. The Kier molecular flexibility index (Phi) is 7.99. The number of carbonyl (C=O) groups excluding carboxylic acids is 3. The third-order valence-corrected chi connectivity index (χ3v) is 7.91. The SMILES string of the molecule is O=C(N[C@@H](CO)c1ccccc1)[C@H](c1ccc(CN2C(=O)c3ccccc3C2=O)cc1)C1CCCCCC1. The first kappa shape index (κ1) is 25.9. The number of rotatable bonds is 8. The topological polar surface area (TPSA) is 86.7 Å². The van der Waals surface area contributed by atoms with E-state index in [2.05, 4.69) is 5.32 Å². The monoisotopic (exact) mass is 510 g/mol. The molecule has 3 aromatic rings. The molecule has 2 aliphatic rings. The third-order valence-electron chi connectivity index (χ3n) is 7.91. The van der Waals surface area contributed by atoms with Crippen molar-refractivity contribution in [1.82, 2.24) is 10.2 Å². The van der Waals surface area contributed by atoms with Crippen LogP contribution in [-0.4, -0.2) is 34.3 Å². The maximum atomic E-state index is 13.8. The molecule has 3 amide bonds. The Labute approximate surface area is 223 Å². The number of aliphatic hydroxyl groups is 1. The summed E-state index contributed by atoms with van der Waals surface area (Å²) in [7, 11) is 0. The second kappa shape index (κ2) is 11.7. The Morgan fingerprint density at radius 2 is 1.37 bits per heavy atom. The van der Waals surface area contributed by atoms with Crippen LogP contribution in [0.5, 0.6) is 0 Å². The number of nitrogens with one attached hydrogen (secondary N) is 1. The Bertz CT molecular complexity index is 1250. The number of hydrogen-bond acceptors (Lipinski definition) is 4. The fourth-order valence-electron chi connectivity index (χ4n) is 5.86. The van der Waals surface area contributed by atoms with Gasteiger partial charge in [-0.3, -0.25) is 19.3 Å². The van der Waals surface area contributed by atoms with E-state index in [0.29, 0.717) is 11.1 Å². The van der Waals surface area contributed by atoms with Crippen LogP contribution in [0.4, 0.5) is 0 Å². The molecule has 0 bridgehead atoms. The molecule has 2 atom stereocenters. The molecule has 0 aromatic heterocycles. The van der Waals surface area contributed by atoms with Crippen molar-refractivity contribution < 1.29 is 19.5 Å². The van der Waals surface area contributed by atoms with E-state index >= 15 is 0 Å². The minimum absolute atomic E-state index is 0.0760. The summed E-state index contributed by atoms with van der Waals surface area (Å²) in [5.74, 6) is -0.746. The van der Waals surface area contributed by atoms with E-state index in [9.17, 15) is 19.5 Å². The van der Waals surface area contributed by atoms with Gasteiger partial charge in [-0.15, -0.1) is 0 Å². The van der Waals surface area contributed by atoms with Crippen molar-refractivity contribution in [3.05, 3.63) is 107 Å². The van der Waals surface area contributed by atoms with Crippen LogP contribution < -0.4 is 5.32 Å². The number of imide groups is 1. The van der Waals surface area contributed by atoms with Gasteiger partial charge in [0.2, 0.25) is 5.91 Å². The van der Waals surface area contributed by atoms with E-state index < -0.39 is 6.04 Å². The largest absolute Gasteiger partial charge is 0.394 e. The van der Waals surface area contributed by atoms with Gasteiger partial charge in [0.15, 0.2) is 0 Å². The fraction of sp³-hybridized carbons (Fsp3) is 0.344. The predicted molar refractivity (Wildman–Crippen MR) is 145 cm³/mol. The zero-order valence-corrected chi connectivity index (χ0v) is 21.5. The van der Waals surface area contributed by atoms with Crippen LogP contribution in [0.1, 0.15) is 87.9 Å². The van der Waals surface area contributed by atoms with E-state index in [-0.39, 0.29) is 42.7 Å². The highest BCUT2D eigenvalue weighted by Crippen LogP contribution is 2.36. The van der Waals surface area contributed by atoms with E-state index in [1.54, 1.807) is 24.3 Å². The van der Waals surface area contributed by atoms with Gasteiger partial charge < -0.3 is 10.4 Å². The second-order valence-electron chi connectivity index (χ2n) is 10.4. The normalized spacial score (nSPS) is 17.6. The van der Waals surface area contributed by atoms with Crippen LogP contribution in [0, 0.1) is 5.92 Å². The lowest BCUT2D eigenvalue weighted by atomic mass is 9.80. The standard InChI is InChI=1S/C32H34N2O4/c35-21-28(23-10-6-3-7-11-23)33-30(36)29(24-12-4-1-2-5-13-24)25-18-16-22(17-19-25)20-34-31(37)26-14-8-9-15-27(26)32(34)38/h3,6-11,14-19,24,28-29,35H,1-2,4-5,12-13,20-21H2,(H,33,36)/t28-,29-/m0/s1. The second-order valence-corrected chi connectivity index (χ2v) is 10.4. The summed E-state index contributed by atoms with van der Waals surface area (Å²) in [6, 6.07) is 23.7. The lowest BCUT2D eigenvalue weighted by molar-refractivity contribution is -0.125. The van der Waals surface area contributed by atoms with Crippen LogP contribution in [0.2, 0.25) is 0 Å². The van der Waals surface area contributed by atoms with Gasteiger partial charge in [0.05, 0.1) is 36.2 Å². The summed E-state index contributed by atoms with van der Waals surface area (Å²) >= 11 is 0. The molecule has 1 saturated carbocycles. The predicted octanol–water partition coefficient (Wildman–Crippen LogP) is 5.39. The molecule has 0 radical (unpaired) electrons. The zero-order valence-electron chi connectivity index (χ0n) is 21.5. The number of fused-ring (bicyclic) bond motifs is 1. The summed E-state index contributed by atoms with van der Waals surface area (Å²) < 4.78 is 0. The molecule has 5 rings (SSSR count). The highest BCUT2D eigenvalue weighted by atomic mass is 16.3. The van der Waals surface area contributed by atoms with Crippen LogP contribution in [0.25, 0.3) is 0 Å². The molecule has 1 aliphatic carbocycles. The van der Waals surface area contributed by atoms with E-state index in [1.807, 2.05) is 54.6 Å². The Morgan fingerprint density at radius 3 is 1.95 bits per heavy atom. The average Bonchev–Trinajstić information content (AvgIpc) is 3.12. The lowest BCUT2D eigenvalue weighted by Crippen LogP contribution is -2.37. The highest BCUT2D eigenvalue weighted by molar-refractivity contribution is 6.21. The number of hydrogen-bond donors (Lipinski definition) is 2. The number of aliphatic hydroxyl groups excluding tert-OH is 1. The van der Waals surface area contributed by atoms with Crippen molar-refractivity contribution in [2.24, 2.45) is 5.92 Å². The minimum Gasteiger partial charge on any atom is -0.394 e. The Balaban J connectivity index is 1.36. The zero-order chi connectivity index (χ0) is 26.5. The summed E-state index contributed by atoms with van der Waals surface area (Å²) in [6.45, 7) is 0.0138. The molecule has 196 valence electrons. The molecular weight excluding hydrogens is 476 g/mol. The van der Waals surface area contributed by atoms with Crippen molar-refractivity contribution in [2.75, 3.05) is 6.61 Å². The molecule has 38 heavy (non-hydrogen) atoms. The molecule has 3 aromatic carbocycles. The van der Waals surface area contributed by atoms with Crippen LogP contribution in [0.3, 0.4) is 0 Å². The first-order valence-corrected chi connectivity index (χ1v) is 13.6. The van der Waals surface area contributed by atoms with Crippen molar-refractivity contribution in [3.63, 3.8) is 0 Å². The van der Waals surface area contributed by atoms with E-state index in [4.69, 9.17) is 0 Å². The molecule has 1 fully saturated rings. The van der Waals surface area contributed by atoms with Gasteiger partial charge in [0, 0.05) is 0 Å². The quantitative estimate of drug-likeness (QED) is 0.314. The minimum atomic E-state index is -0.468. The van der Waals surface area contributed by atoms with Crippen molar-refractivity contribution in [1.29, 1.82) is 0 Å². The first-order chi connectivity index (χ1) is 18.6. The smallest absolute Gasteiger partial charge is 0.261 e. The Morgan fingerprint density at radius 1 is 0.789 bits per heavy atom. The van der Waals surface area contributed by atoms with Gasteiger partial charge in [0.1, 0.15) is 0 Å². The molecule has 0 unspecified atom stereocenters. The van der Waals surface area contributed by atoms with Crippen LogP contribution in [0.15, 0.2) is 78.9 Å². The van der Waals surface area contributed by atoms with Crippen LogP contribution >= 0.6 is 0 Å². The van der Waals surface area contributed by atoms with Gasteiger partial charge in [0.25, 0.3) is 11.8 Å². The summed E-state index contributed by atoms with van der Waals surface area (Å²) in [5, 5.41) is 13.1. The fourth-order valence-corrected chi connectivity index (χ4v) is 5.86. The molecular formula is C32H34N2O4. The van der Waals surface area contributed by atoms with Crippen molar-refractivity contribution in [2.45, 2.75) is 57.0 Å². The van der Waals surface area contributed by atoms with Gasteiger partial charge in [-0.1, -0.05) is 92.4 Å². The van der Waals surface area contributed by atoms with E-state index in [0.717, 1.165) is 42.4 Å². The van der Waals surface area contributed by atoms with Crippen molar-refractivity contribution in [3.8, 4) is 0 Å². The molecule has 6 heteroatoms. The summed E-state index contributed by atoms with van der Waals surface area (Å²) in [5.41, 5.74) is 3.51. The first-order valence-electron chi connectivity index (χ1n) is 13.6. The average molecular weight is 511 g/mol. The van der Waals surface area contributed by atoms with Crippen molar-refractivity contribution >= 4 is 17.7 Å². The van der Waals surface area contributed by atoms with Crippen LogP contribution in [-0.2, 0) is 11.3 Å². The summed E-state index contributed by atoms with van der Waals surface area (Å²) in [6.07, 6.45) is 6.57. The van der Waals surface area contributed by atoms with Gasteiger partial charge in [-0.2, -0.15) is 0 Å². The molecule has 1 heterocycles. The third kappa shape index (κ3) is 5.41. The van der Waals surface area contributed by atoms with Gasteiger partial charge in [-0.25, -0.2) is 0 Å². The summed E-state index contributed by atoms with van der Waals surface area (Å²) in [4.78, 5) is 40.6. The number of carbonyl (C=O) groups is 3. The van der Waals surface area contributed by atoms with Gasteiger partial charge in [-0.05, 0) is 47.6 Å². The molecule has 2 N–H and O–H groups in total. The Hall–Kier alpha value is -3.77. The maximum absolute atomic E-state index is 13.8.